The van der Waals surface area contributed by atoms with Crippen molar-refractivity contribution in [2.75, 3.05) is 0 Å². The summed E-state index contributed by atoms with van der Waals surface area (Å²) in [6.45, 7) is 6.55. The van der Waals surface area contributed by atoms with Gasteiger partial charge in [-0.15, -0.1) is 0 Å². The van der Waals surface area contributed by atoms with Gasteiger partial charge in [0, 0.05) is 29.1 Å². The van der Waals surface area contributed by atoms with Gasteiger partial charge in [-0.25, -0.2) is 4.99 Å². The van der Waals surface area contributed by atoms with E-state index in [-0.39, 0.29) is 0 Å². The maximum atomic E-state index is 4.91. The minimum atomic E-state index is 0.501. The lowest BCUT2D eigenvalue weighted by Crippen LogP contribution is -2.19. The minimum absolute atomic E-state index is 0.501. The van der Waals surface area contributed by atoms with E-state index in [2.05, 4.69) is 73.6 Å². The fraction of sp³-hybridized carbons (Fsp3) is 0.208. The van der Waals surface area contributed by atoms with Crippen molar-refractivity contribution in [1.82, 2.24) is 10.4 Å². The number of aryl methyl sites for hydroxylation is 1. The zero-order valence-corrected chi connectivity index (χ0v) is 16.5. The van der Waals surface area contributed by atoms with E-state index in [1.165, 1.54) is 11.1 Å². The van der Waals surface area contributed by atoms with Gasteiger partial charge < -0.3 is 0 Å². The largest absolute Gasteiger partial charge is 0.264 e. The van der Waals surface area contributed by atoms with Crippen LogP contribution in [0.1, 0.15) is 54.5 Å². The third kappa shape index (κ3) is 3.58. The van der Waals surface area contributed by atoms with Crippen molar-refractivity contribution in [2.45, 2.75) is 33.1 Å². The van der Waals surface area contributed by atoms with Crippen molar-refractivity contribution in [1.29, 1.82) is 0 Å². The molecule has 1 aromatic heterocycles. The van der Waals surface area contributed by atoms with Gasteiger partial charge in [-0.3, -0.25) is 10.4 Å². The summed E-state index contributed by atoms with van der Waals surface area (Å²) in [5.74, 6) is 1.25. The smallest absolute Gasteiger partial charge is 0.154 e. The van der Waals surface area contributed by atoms with Gasteiger partial charge in [0.2, 0.25) is 0 Å². The Morgan fingerprint density at radius 3 is 2.46 bits per heavy atom. The highest BCUT2D eigenvalue weighted by molar-refractivity contribution is 6.17. The van der Waals surface area contributed by atoms with Crippen molar-refractivity contribution in [3.63, 3.8) is 0 Å². The van der Waals surface area contributed by atoms with Crippen molar-refractivity contribution in [2.24, 2.45) is 10.1 Å². The zero-order valence-electron chi connectivity index (χ0n) is 16.5. The van der Waals surface area contributed by atoms with Gasteiger partial charge in [0.25, 0.3) is 0 Å². The van der Waals surface area contributed by atoms with E-state index >= 15 is 0 Å². The maximum absolute atomic E-state index is 4.91. The molecule has 0 aliphatic carbocycles. The van der Waals surface area contributed by atoms with Crippen LogP contribution in [-0.4, -0.2) is 16.5 Å². The zero-order chi connectivity index (χ0) is 19.5. The number of hydrogen-bond acceptors (Lipinski definition) is 4. The summed E-state index contributed by atoms with van der Waals surface area (Å²) in [6.07, 6.45) is 4.58. The lowest BCUT2D eigenvalue weighted by molar-refractivity contribution is 0.866. The lowest BCUT2D eigenvalue weighted by atomic mass is 9.99. The van der Waals surface area contributed by atoms with E-state index in [9.17, 15) is 0 Å². The predicted molar refractivity (Wildman–Crippen MR) is 116 cm³/mol. The number of pyridine rings is 1. The molecule has 28 heavy (non-hydrogen) atoms. The number of hydrogen-bond donors (Lipinski definition) is 1. The van der Waals surface area contributed by atoms with Gasteiger partial charge in [0.15, 0.2) is 5.84 Å². The number of hydrazone groups is 1. The fourth-order valence-electron chi connectivity index (χ4n) is 3.28. The summed E-state index contributed by atoms with van der Waals surface area (Å²) in [6, 6.07) is 18.9. The molecule has 1 aliphatic heterocycles. The molecule has 4 rings (SSSR count). The maximum Gasteiger partial charge on any atom is 0.154 e. The molecule has 0 amide bonds. The molecule has 0 unspecified atom stereocenters. The third-order valence-corrected chi connectivity index (χ3v) is 5.02. The highest BCUT2D eigenvalue weighted by atomic mass is 15.3. The van der Waals surface area contributed by atoms with Crippen LogP contribution >= 0.6 is 0 Å². The standard InChI is InChI=1S/C24H24N4/c1-4-17-7-12-22-21(14-17)23(20-6-5-13-25-15-20)27-28-24(26-22)19-10-8-18(9-11-19)16(2)3/h5-16H,4H2,1-3H3,(H,26,28). The van der Waals surface area contributed by atoms with Gasteiger partial charge in [0.05, 0.1) is 5.69 Å². The highest BCUT2D eigenvalue weighted by Crippen LogP contribution is 2.27. The van der Waals surface area contributed by atoms with Crippen LogP contribution in [0.15, 0.2) is 77.1 Å². The minimum Gasteiger partial charge on any atom is -0.264 e. The SMILES string of the molecule is CCc1ccc2c(c1)C(c1cccnc1)=NNC(c1ccc(C(C)C)cc1)=N2. The Labute approximate surface area is 166 Å². The molecule has 4 heteroatoms. The van der Waals surface area contributed by atoms with Crippen LogP contribution in [0.3, 0.4) is 0 Å². The first kappa shape index (κ1) is 18.1. The molecular formula is C24H24N4. The Bertz CT molecular complexity index is 1030. The Morgan fingerprint density at radius 1 is 0.964 bits per heavy atom. The van der Waals surface area contributed by atoms with Crippen LogP contribution < -0.4 is 5.43 Å². The summed E-state index contributed by atoms with van der Waals surface area (Å²) >= 11 is 0. The Morgan fingerprint density at radius 2 is 1.79 bits per heavy atom. The van der Waals surface area contributed by atoms with Crippen LogP contribution in [0, 0.1) is 0 Å². The van der Waals surface area contributed by atoms with Crippen molar-refractivity contribution in [3.8, 4) is 0 Å². The van der Waals surface area contributed by atoms with Gasteiger partial charge in [-0.05, 0) is 47.7 Å². The number of amidine groups is 1. The Balaban J connectivity index is 1.81. The first-order valence-electron chi connectivity index (χ1n) is 9.72. The van der Waals surface area contributed by atoms with Crippen molar-refractivity contribution < 1.29 is 0 Å². The molecule has 0 radical (unpaired) electrons. The molecule has 0 spiro atoms. The first-order valence-corrected chi connectivity index (χ1v) is 9.72. The van der Waals surface area contributed by atoms with Gasteiger partial charge >= 0.3 is 0 Å². The Hall–Kier alpha value is -3.27. The first-order chi connectivity index (χ1) is 13.7. The molecule has 2 heterocycles. The second kappa shape index (κ2) is 7.77. The summed E-state index contributed by atoms with van der Waals surface area (Å²) in [5.41, 5.74) is 10.5. The molecule has 1 N–H and O–H groups in total. The molecule has 140 valence electrons. The summed E-state index contributed by atoms with van der Waals surface area (Å²) in [5, 5.41) is 4.72. The number of nitrogens with zero attached hydrogens (tertiary/aromatic N) is 3. The molecule has 1 aliphatic rings. The van der Waals surface area contributed by atoms with Gasteiger partial charge in [-0.1, -0.05) is 51.1 Å². The van der Waals surface area contributed by atoms with Crippen LogP contribution in [-0.2, 0) is 6.42 Å². The van der Waals surface area contributed by atoms with E-state index in [1.54, 1.807) is 6.20 Å². The molecule has 0 atom stereocenters. The van der Waals surface area contributed by atoms with Crippen LogP contribution in [0.4, 0.5) is 5.69 Å². The van der Waals surface area contributed by atoms with Crippen LogP contribution in [0.5, 0.6) is 0 Å². The van der Waals surface area contributed by atoms with Gasteiger partial charge in [-0.2, -0.15) is 5.10 Å². The number of aliphatic imine (C=N–C) groups is 1. The van der Waals surface area contributed by atoms with Crippen LogP contribution in [0.2, 0.25) is 0 Å². The molecule has 2 aromatic carbocycles. The number of aromatic nitrogens is 1. The second-order valence-corrected chi connectivity index (χ2v) is 7.26. The van der Waals surface area contributed by atoms with Crippen LogP contribution in [0.25, 0.3) is 0 Å². The number of nitrogens with one attached hydrogen (secondary N) is 1. The topological polar surface area (TPSA) is 49.6 Å². The predicted octanol–water partition coefficient (Wildman–Crippen LogP) is 5.20. The van der Waals surface area contributed by atoms with E-state index in [4.69, 9.17) is 10.1 Å². The van der Waals surface area contributed by atoms with E-state index in [0.29, 0.717) is 5.92 Å². The number of benzene rings is 2. The average molecular weight is 368 g/mol. The molecule has 0 saturated heterocycles. The van der Waals surface area contributed by atoms with Gasteiger partial charge in [0.1, 0.15) is 5.71 Å². The van der Waals surface area contributed by atoms with Crippen molar-refractivity contribution in [3.05, 3.63) is 94.8 Å². The highest BCUT2D eigenvalue weighted by Gasteiger charge is 2.18. The quantitative estimate of drug-likeness (QED) is 0.688. The molecule has 0 saturated carbocycles. The molecule has 0 bridgehead atoms. The normalized spacial score (nSPS) is 13.3. The third-order valence-electron chi connectivity index (χ3n) is 5.02. The average Bonchev–Trinajstić information content (AvgIpc) is 2.93. The molecule has 3 aromatic rings. The molecule has 4 nitrogen and oxygen atoms in total. The lowest BCUT2D eigenvalue weighted by Gasteiger charge is -2.09. The number of rotatable bonds is 4. The van der Waals surface area contributed by atoms with E-state index in [1.807, 2.05) is 18.3 Å². The number of fused-ring (bicyclic) bond motifs is 1. The molecule has 0 fully saturated rings. The van der Waals surface area contributed by atoms with E-state index in [0.717, 1.165) is 40.3 Å². The Kier molecular flexibility index (Phi) is 5.02. The monoisotopic (exact) mass is 368 g/mol. The summed E-state index contributed by atoms with van der Waals surface area (Å²) in [7, 11) is 0. The second-order valence-electron chi connectivity index (χ2n) is 7.26. The summed E-state index contributed by atoms with van der Waals surface area (Å²) < 4.78 is 0. The fourth-order valence-corrected chi connectivity index (χ4v) is 3.28. The van der Waals surface area contributed by atoms with Crippen molar-refractivity contribution >= 4 is 17.2 Å². The van der Waals surface area contributed by atoms with E-state index < -0.39 is 0 Å². The summed E-state index contributed by atoms with van der Waals surface area (Å²) in [4.78, 5) is 9.17. The molecular weight excluding hydrogens is 344 g/mol.